The summed E-state index contributed by atoms with van der Waals surface area (Å²) in [4.78, 5) is 59.0. The molecule has 1 aliphatic heterocycles. The van der Waals surface area contributed by atoms with Crippen LogP contribution >= 0.6 is 0 Å². The Hall–Kier alpha value is -4.81. The molecule has 4 atom stereocenters. The molecule has 1 aliphatic rings. The molecule has 13 heteroatoms. The fourth-order valence-electron chi connectivity index (χ4n) is 4.65. The predicted molar refractivity (Wildman–Crippen MR) is 147 cm³/mol. The summed E-state index contributed by atoms with van der Waals surface area (Å²) in [7, 11) is 2.84. The van der Waals surface area contributed by atoms with E-state index in [0.29, 0.717) is 22.4 Å². The van der Waals surface area contributed by atoms with Gasteiger partial charge in [0.1, 0.15) is 19.3 Å². The predicted octanol–water partition coefficient (Wildman–Crippen LogP) is 3.51. The Bertz CT molecular complexity index is 1380. The standard InChI is InChI=1S/C30H34O13/c1-15(31)38-13-23-22-10-21(29(42-19(5)35)27(41-18(4)34)14-39-16(2)32)12-26(37-7)30(22)43-28(23)20-8-9-24(40-17(3)33)25(11-20)36-6/h8-12,23,27-29H,13-14H2,1-7H3/t23-,27-,28+,29+/m0/s1. The van der Waals surface area contributed by atoms with Gasteiger partial charge in [-0.05, 0) is 29.8 Å². The first-order chi connectivity index (χ1) is 20.3. The summed E-state index contributed by atoms with van der Waals surface area (Å²) in [5.74, 6) is -2.58. The van der Waals surface area contributed by atoms with Gasteiger partial charge in [0.2, 0.25) is 0 Å². The van der Waals surface area contributed by atoms with Crippen LogP contribution in [0.4, 0.5) is 0 Å². The molecule has 232 valence electrons. The number of benzene rings is 2. The summed E-state index contributed by atoms with van der Waals surface area (Å²) >= 11 is 0. The zero-order valence-corrected chi connectivity index (χ0v) is 24.9. The molecule has 2 aromatic rings. The number of rotatable bonds is 12. The summed E-state index contributed by atoms with van der Waals surface area (Å²) in [5, 5.41) is 0. The van der Waals surface area contributed by atoms with E-state index in [0.717, 1.165) is 0 Å². The number of hydrogen-bond acceptors (Lipinski definition) is 13. The average molecular weight is 603 g/mol. The SMILES string of the molecule is COc1cc([C@H]2Oc3c(OC)cc([C@@H](OC(C)=O)[C@H](COC(C)=O)OC(C)=O)cc3[C@@H]2COC(C)=O)ccc1OC(C)=O. The van der Waals surface area contributed by atoms with Crippen molar-refractivity contribution in [2.24, 2.45) is 0 Å². The third-order valence-corrected chi connectivity index (χ3v) is 6.30. The molecule has 2 aromatic carbocycles. The van der Waals surface area contributed by atoms with E-state index in [1.54, 1.807) is 30.3 Å². The minimum atomic E-state index is -1.21. The molecule has 1 heterocycles. The highest BCUT2D eigenvalue weighted by Gasteiger charge is 2.41. The molecule has 0 spiro atoms. The largest absolute Gasteiger partial charge is 0.493 e. The topological polar surface area (TPSA) is 159 Å². The summed E-state index contributed by atoms with van der Waals surface area (Å²) in [5.41, 5.74) is 1.48. The first kappa shape index (κ1) is 32.7. The fraction of sp³-hybridized carbons (Fsp3) is 0.433. The maximum atomic E-state index is 12.2. The van der Waals surface area contributed by atoms with Gasteiger partial charge in [-0.2, -0.15) is 0 Å². The summed E-state index contributed by atoms with van der Waals surface area (Å²) in [6.45, 7) is 5.59. The maximum Gasteiger partial charge on any atom is 0.308 e. The van der Waals surface area contributed by atoms with Gasteiger partial charge in [0.25, 0.3) is 0 Å². The Balaban J connectivity index is 2.15. The van der Waals surface area contributed by atoms with Gasteiger partial charge in [-0.3, -0.25) is 24.0 Å². The van der Waals surface area contributed by atoms with Crippen LogP contribution in [-0.4, -0.2) is 63.4 Å². The molecule has 0 bridgehead atoms. The highest BCUT2D eigenvalue weighted by molar-refractivity contribution is 5.71. The van der Waals surface area contributed by atoms with Gasteiger partial charge in [-0.15, -0.1) is 0 Å². The van der Waals surface area contributed by atoms with Gasteiger partial charge in [-0.1, -0.05) is 6.07 Å². The lowest BCUT2D eigenvalue weighted by atomic mass is 9.89. The van der Waals surface area contributed by atoms with Crippen molar-refractivity contribution in [1.29, 1.82) is 0 Å². The van der Waals surface area contributed by atoms with Crippen molar-refractivity contribution in [3.63, 3.8) is 0 Å². The number of carbonyl (C=O) groups excluding carboxylic acids is 5. The van der Waals surface area contributed by atoms with E-state index in [2.05, 4.69) is 0 Å². The van der Waals surface area contributed by atoms with Crippen LogP contribution < -0.4 is 18.9 Å². The normalized spacial score (nSPS) is 16.4. The van der Waals surface area contributed by atoms with E-state index in [4.69, 9.17) is 37.9 Å². The second-order valence-corrected chi connectivity index (χ2v) is 9.57. The molecule has 0 N–H and O–H groups in total. The lowest BCUT2D eigenvalue weighted by molar-refractivity contribution is -0.173. The molecular formula is C30H34O13. The zero-order chi connectivity index (χ0) is 31.8. The van der Waals surface area contributed by atoms with Crippen molar-refractivity contribution in [2.45, 2.75) is 58.8 Å². The quantitative estimate of drug-likeness (QED) is 0.197. The highest BCUT2D eigenvalue weighted by Crippen LogP contribution is 2.52. The van der Waals surface area contributed by atoms with E-state index < -0.39 is 60.7 Å². The van der Waals surface area contributed by atoms with Crippen LogP contribution in [0.25, 0.3) is 0 Å². The average Bonchev–Trinajstić information content (AvgIpc) is 3.30. The molecule has 3 rings (SSSR count). The van der Waals surface area contributed by atoms with Crippen LogP contribution in [-0.2, 0) is 42.9 Å². The van der Waals surface area contributed by atoms with Crippen LogP contribution in [0.15, 0.2) is 30.3 Å². The first-order valence-electron chi connectivity index (χ1n) is 13.2. The van der Waals surface area contributed by atoms with Crippen LogP contribution in [0.5, 0.6) is 23.0 Å². The lowest BCUT2D eigenvalue weighted by Crippen LogP contribution is -2.33. The Kier molecular flexibility index (Phi) is 10.9. The van der Waals surface area contributed by atoms with Crippen LogP contribution in [0, 0.1) is 0 Å². The van der Waals surface area contributed by atoms with Gasteiger partial charge < -0.3 is 37.9 Å². The smallest absolute Gasteiger partial charge is 0.308 e. The maximum absolute atomic E-state index is 12.2. The zero-order valence-electron chi connectivity index (χ0n) is 24.9. The minimum Gasteiger partial charge on any atom is -0.493 e. The van der Waals surface area contributed by atoms with E-state index in [-0.39, 0.29) is 23.9 Å². The Morgan fingerprint density at radius 1 is 0.744 bits per heavy atom. The van der Waals surface area contributed by atoms with E-state index >= 15 is 0 Å². The first-order valence-corrected chi connectivity index (χ1v) is 13.2. The van der Waals surface area contributed by atoms with Crippen LogP contribution in [0.1, 0.15) is 69.4 Å². The number of esters is 5. The lowest BCUT2D eigenvalue weighted by Gasteiger charge is -2.27. The van der Waals surface area contributed by atoms with Gasteiger partial charge in [0.15, 0.2) is 35.2 Å². The van der Waals surface area contributed by atoms with E-state index in [1.807, 2.05) is 0 Å². The van der Waals surface area contributed by atoms with Crippen molar-refractivity contribution in [3.05, 3.63) is 47.0 Å². The van der Waals surface area contributed by atoms with Crippen molar-refractivity contribution in [1.82, 2.24) is 0 Å². The Labute approximate surface area is 248 Å². The van der Waals surface area contributed by atoms with Crippen LogP contribution in [0.3, 0.4) is 0 Å². The molecule has 0 unspecified atom stereocenters. The molecule has 0 aliphatic carbocycles. The Morgan fingerprint density at radius 3 is 1.95 bits per heavy atom. The van der Waals surface area contributed by atoms with E-state index in [1.165, 1.54) is 48.8 Å². The van der Waals surface area contributed by atoms with Gasteiger partial charge in [0, 0.05) is 45.7 Å². The second-order valence-electron chi connectivity index (χ2n) is 9.57. The number of ether oxygens (including phenoxy) is 8. The van der Waals surface area contributed by atoms with Gasteiger partial charge in [0.05, 0.1) is 20.1 Å². The molecule has 0 saturated carbocycles. The van der Waals surface area contributed by atoms with Crippen molar-refractivity contribution >= 4 is 29.8 Å². The summed E-state index contributed by atoms with van der Waals surface area (Å²) in [6.07, 6.45) is -3.14. The number of carbonyl (C=O) groups is 5. The molecule has 0 amide bonds. The van der Waals surface area contributed by atoms with Crippen LogP contribution in [0.2, 0.25) is 0 Å². The van der Waals surface area contributed by atoms with Crippen molar-refractivity contribution in [2.75, 3.05) is 27.4 Å². The molecule has 0 aromatic heterocycles. The number of fused-ring (bicyclic) bond motifs is 1. The van der Waals surface area contributed by atoms with Gasteiger partial charge in [-0.25, -0.2) is 0 Å². The molecule has 0 fully saturated rings. The van der Waals surface area contributed by atoms with Crippen molar-refractivity contribution in [3.8, 4) is 23.0 Å². The van der Waals surface area contributed by atoms with Gasteiger partial charge >= 0.3 is 29.8 Å². The second kappa shape index (κ2) is 14.4. The minimum absolute atomic E-state index is 0.104. The molecule has 13 nitrogen and oxygen atoms in total. The number of hydrogen-bond donors (Lipinski definition) is 0. The Morgan fingerprint density at radius 2 is 1.40 bits per heavy atom. The number of methoxy groups -OCH3 is 2. The fourth-order valence-corrected chi connectivity index (χ4v) is 4.65. The monoisotopic (exact) mass is 602 g/mol. The summed E-state index contributed by atoms with van der Waals surface area (Å²) in [6, 6.07) is 8.09. The van der Waals surface area contributed by atoms with E-state index in [9.17, 15) is 24.0 Å². The molecule has 43 heavy (non-hydrogen) atoms. The molecular weight excluding hydrogens is 568 g/mol. The third-order valence-electron chi connectivity index (χ3n) is 6.30. The van der Waals surface area contributed by atoms with Crippen molar-refractivity contribution < 1.29 is 61.9 Å². The summed E-state index contributed by atoms with van der Waals surface area (Å²) < 4.78 is 44.1. The highest BCUT2D eigenvalue weighted by atomic mass is 16.6. The third kappa shape index (κ3) is 8.37. The molecule has 0 saturated heterocycles. The molecule has 0 radical (unpaired) electrons.